The summed E-state index contributed by atoms with van der Waals surface area (Å²) < 4.78 is 25.6. The van der Waals surface area contributed by atoms with E-state index in [2.05, 4.69) is 4.98 Å². The highest BCUT2D eigenvalue weighted by Gasteiger charge is 2.03. The van der Waals surface area contributed by atoms with Crippen molar-refractivity contribution < 1.29 is 23.4 Å². The van der Waals surface area contributed by atoms with E-state index >= 15 is 0 Å². The normalized spacial score (nSPS) is 10.8. The maximum Gasteiger partial charge on any atom is 0.393 e. The number of hydrogen-bond acceptors (Lipinski definition) is 6. The zero-order chi connectivity index (χ0) is 13.1. The minimum Gasteiger partial charge on any atom is -0.448 e. The van der Waals surface area contributed by atoms with Gasteiger partial charge in [0.05, 0.1) is 44.6 Å². The Kier molecular flexibility index (Phi) is 8.58. The van der Waals surface area contributed by atoms with E-state index in [1.165, 1.54) is 6.26 Å². The summed E-state index contributed by atoms with van der Waals surface area (Å²) in [6, 6.07) is 0. The highest BCUT2D eigenvalue weighted by molar-refractivity contribution is 6.16. The number of ether oxygens (including phenoxy) is 4. The summed E-state index contributed by atoms with van der Waals surface area (Å²) in [7, 11) is 1.63. The molecule has 1 aromatic heterocycles. The van der Waals surface area contributed by atoms with Crippen molar-refractivity contribution in [1.82, 2.24) is 4.98 Å². The molecule has 18 heavy (non-hydrogen) atoms. The van der Waals surface area contributed by atoms with E-state index < -0.39 is 0 Å². The number of rotatable bonds is 11. The van der Waals surface area contributed by atoms with Crippen LogP contribution in [0.3, 0.4) is 0 Å². The highest BCUT2D eigenvalue weighted by Crippen LogP contribution is 2.11. The topological polar surface area (TPSA) is 63.0 Å². The van der Waals surface area contributed by atoms with Crippen LogP contribution in [0.15, 0.2) is 10.7 Å². The van der Waals surface area contributed by atoms with Crippen molar-refractivity contribution in [2.45, 2.75) is 5.88 Å². The Labute approximate surface area is 111 Å². The Hall–Kier alpha value is -0.820. The molecular formula is C11H18ClNO5. The SMILES string of the molecule is COCCOCCOCCOc1nc(CCl)co1. The molecule has 6 nitrogen and oxygen atoms in total. The monoisotopic (exact) mass is 279 g/mol. The van der Waals surface area contributed by atoms with Crippen LogP contribution in [0.4, 0.5) is 0 Å². The van der Waals surface area contributed by atoms with Crippen LogP contribution in [0.1, 0.15) is 5.69 Å². The number of alkyl halides is 1. The number of oxazole rings is 1. The second-order valence-corrected chi connectivity index (χ2v) is 3.57. The van der Waals surface area contributed by atoms with Gasteiger partial charge in [-0.25, -0.2) is 0 Å². The predicted molar refractivity (Wildman–Crippen MR) is 65.1 cm³/mol. The molecule has 0 aliphatic heterocycles. The fourth-order valence-electron chi connectivity index (χ4n) is 1.07. The minimum absolute atomic E-state index is 0.214. The largest absolute Gasteiger partial charge is 0.448 e. The summed E-state index contributed by atoms with van der Waals surface area (Å²) in [5, 5.41) is 0. The average Bonchev–Trinajstić information content (AvgIpc) is 2.85. The van der Waals surface area contributed by atoms with Crippen LogP contribution in [0.5, 0.6) is 6.08 Å². The van der Waals surface area contributed by atoms with Crippen LogP contribution in [-0.2, 0) is 20.1 Å². The van der Waals surface area contributed by atoms with Crippen LogP contribution >= 0.6 is 11.6 Å². The Morgan fingerprint density at radius 2 is 1.78 bits per heavy atom. The van der Waals surface area contributed by atoms with Gasteiger partial charge in [0.25, 0.3) is 0 Å². The fourth-order valence-corrected chi connectivity index (χ4v) is 1.19. The summed E-state index contributed by atoms with van der Waals surface area (Å²) in [6.45, 7) is 3.06. The van der Waals surface area contributed by atoms with Gasteiger partial charge in [-0.2, -0.15) is 4.98 Å². The lowest BCUT2D eigenvalue weighted by Crippen LogP contribution is -2.12. The zero-order valence-corrected chi connectivity index (χ0v) is 11.1. The molecule has 0 atom stereocenters. The fraction of sp³-hybridized carbons (Fsp3) is 0.727. The van der Waals surface area contributed by atoms with Gasteiger partial charge >= 0.3 is 6.08 Å². The van der Waals surface area contributed by atoms with Gasteiger partial charge in [-0.3, -0.25) is 0 Å². The molecule has 0 bridgehead atoms. The van der Waals surface area contributed by atoms with Crippen LogP contribution in [0.2, 0.25) is 0 Å². The number of nitrogens with zero attached hydrogens (tertiary/aromatic N) is 1. The van der Waals surface area contributed by atoms with Crippen LogP contribution < -0.4 is 4.74 Å². The smallest absolute Gasteiger partial charge is 0.393 e. The first kappa shape index (κ1) is 15.2. The maximum absolute atomic E-state index is 5.57. The van der Waals surface area contributed by atoms with E-state index in [0.717, 1.165) is 0 Å². The molecule has 0 spiro atoms. The molecule has 0 N–H and O–H groups in total. The number of aromatic nitrogens is 1. The highest BCUT2D eigenvalue weighted by atomic mass is 35.5. The van der Waals surface area contributed by atoms with E-state index in [-0.39, 0.29) is 6.08 Å². The van der Waals surface area contributed by atoms with Crippen molar-refractivity contribution >= 4 is 11.6 Å². The number of halogens is 1. The maximum atomic E-state index is 5.57. The molecule has 104 valence electrons. The van der Waals surface area contributed by atoms with Crippen LogP contribution in [0, 0.1) is 0 Å². The van der Waals surface area contributed by atoms with Crippen molar-refractivity contribution in [3.8, 4) is 6.08 Å². The van der Waals surface area contributed by atoms with Gasteiger partial charge in [0.15, 0.2) is 0 Å². The predicted octanol–water partition coefficient (Wildman–Crippen LogP) is 1.47. The van der Waals surface area contributed by atoms with Gasteiger partial charge in [0.1, 0.15) is 12.9 Å². The molecular weight excluding hydrogens is 262 g/mol. The molecule has 0 saturated carbocycles. The molecule has 1 aromatic rings. The molecule has 0 radical (unpaired) electrons. The second-order valence-electron chi connectivity index (χ2n) is 3.30. The van der Waals surface area contributed by atoms with E-state index in [9.17, 15) is 0 Å². The number of methoxy groups -OCH3 is 1. The van der Waals surface area contributed by atoms with Gasteiger partial charge in [-0.05, 0) is 0 Å². The molecule has 7 heteroatoms. The third-order valence-electron chi connectivity index (χ3n) is 1.92. The Morgan fingerprint density at radius 3 is 2.39 bits per heavy atom. The Bertz CT molecular complexity index is 307. The summed E-state index contributed by atoms with van der Waals surface area (Å²) in [4.78, 5) is 3.98. The van der Waals surface area contributed by atoms with Crippen molar-refractivity contribution in [1.29, 1.82) is 0 Å². The lowest BCUT2D eigenvalue weighted by molar-refractivity contribution is 0.0157. The van der Waals surface area contributed by atoms with Crippen molar-refractivity contribution in [2.24, 2.45) is 0 Å². The molecule has 0 aliphatic rings. The van der Waals surface area contributed by atoms with Crippen LogP contribution in [-0.4, -0.2) is 51.7 Å². The Balaban J connectivity index is 1.89. The average molecular weight is 280 g/mol. The van der Waals surface area contributed by atoms with Crippen molar-refractivity contribution in [2.75, 3.05) is 46.8 Å². The molecule has 0 fully saturated rings. The molecule has 0 aromatic carbocycles. The first-order valence-electron chi connectivity index (χ1n) is 5.64. The third-order valence-corrected chi connectivity index (χ3v) is 2.20. The van der Waals surface area contributed by atoms with Crippen molar-refractivity contribution in [3.05, 3.63) is 12.0 Å². The van der Waals surface area contributed by atoms with E-state index in [0.29, 0.717) is 51.2 Å². The van der Waals surface area contributed by atoms with E-state index in [1.54, 1.807) is 7.11 Å². The molecule has 1 rings (SSSR count). The summed E-state index contributed by atoms with van der Waals surface area (Å²) in [5.74, 6) is 0.308. The van der Waals surface area contributed by atoms with E-state index in [1.807, 2.05) is 0 Å². The Morgan fingerprint density at radius 1 is 1.11 bits per heavy atom. The summed E-state index contributed by atoms with van der Waals surface area (Å²) in [6.07, 6.45) is 1.68. The zero-order valence-electron chi connectivity index (χ0n) is 10.4. The molecule has 0 amide bonds. The molecule has 0 saturated heterocycles. The molecule has 0 unspecified atom stereocenters. The molecule has 0 aliphatic carbocycles. The summed E-state index contributed by atoms with van der Waals surface area (Å²) >= 11 is 5.57. The third kappa shape index (κ3) is 6.80. The quantitative estimate of drug-likeness (QED) is 0.451. The van der Waals surface area contributed by atoms with E-state index in [4.69, 9.17) is 35.0 Å². The van der Waals surface area contributed by atoms with Crippen LogP contribution in [0.25, 0.3) is 0 Å². The number of hydrogen-bond donors (Lipinski definition) is 0. The standard InChI is InChI=1S/C11H18ClNO5/c1-14-2-3-15-4-5-16-6-7-17-11-13-10(8-12)9-18-11/h9H,2-8H2,1H3. The van der Waals surface area contributed by atoms with Gasteiger partial charge in [-0.1, -0.05) is 0 Å². The van der Waals surface area contributed by atoms with Gasteiger partial charge in [-0.15, -0.1) is 11.6 Å². The minimum atomic E-state index is 0.214. The first-order valence-corrected chi connectivity index (χ1v) is 6.18. The molecule has 1 heterocycles. The first-order chi connectivity index (χ1) is 8.86. The van der Waals surface area contributed by atoms with Gasteiger partial charge in [0.2, 0.25) is 0 Å². The van der Waals surface area contributed by atoms with Crippen molar-refractivity contribution in [3.63, 3.8) is 0 Å². The second kappa shape index (κ2) is 10.1. The summed E-state index contributed by atoms with van der Waals surface area (Å²) in [5.41, 5.74) is 0.652. The lowest BCUT2D eigenvalue weighted by Gasteiger charge is -2.05. The lowest BCUT2D eigenvalue weighted by atomic mass is 10.6. The van der Waals surface area contributed by atoms with Gasteiger partial charge < -0.3 is 23.4 Å². The van der Waals surface area contributed by atoms with Gasteiger partial charge in [0, 0.05) is 7.11 Å².